The summed E-state index contributed by atoms with van der Waals surface area (Å²) in [5, 5.41) is 14.6. The zero-order valence-corrected chi connectivity index (χ0v) is 18.9. The predicted molar refractivity (Wildman–Crippen MR) is 124 cm³/mol. The number of hydrogen-bond donors (Lipinski definition) is 3. The monoisotopic (exact) mass is 504 g/mol. The molecule has 182 valence electrons. The fourth-order valence-electron chi connectivity index (χ4n) is 3.63. The summed E-state index contributed by atoms with van der Waals surface area (Å²) in [5.74, 6) is -0.426. The molecule has 6 nitrogen and oxygen atoms in total. The number of benzene rings is 3. The Labute approximate surface area is 198 Å². The van der Waals surface area contributed by atoms with Crippen molar-refractivity contribution in [3.63, 3.8) is 0 Å². The number of rotatable bonds is 7. The maximum Gasteiger partial charge on any atom is 0.418 e. The van der Waals surface area contributed by atoms with Crippen LogP contribution in [0.5, 0.6) is 0 Å². The van der Waals surface area contributed by atoms with E-state index in [9.17, 15) is 26.0 Å². The third-order valence-electron chi connectivity index (χ3n) is 5.39. The topological polar surface area (TPSA) is 101 Å². The number of hydrogen-bond acceptors (Lipinski definition) is 4. The van der Waals surface area contributed by atoms with Crippen molar-refractivity contribution < 1.29 is 26.0 Å². The highest BCUT2D eigenvalue weighted by Crippen LogP contribution is 2.39. The summed E-state index contributed by atoms with van der Waals surface area (Å²) in [4.78, 5) is -0.0385. The number of nitrogens with two attached hydrogens (primary N) is 1. The first-order valence-electron chi connectivity index (χ1n) is 10.4. The van der Waals surface area contributed by atoms with E-state index in [1.54, 1.807) is 18.2 Å². The molecule has 0 amide bonds. The van der Waals surface area contributed by atoms with E-state index in [-0.39, 0.29) is 17.1 Å². The fraction of sp³-hybridized carbons (Fsp3) is 0.125. The van der Waals surface area contributed by atoms with Crippen LogP contribution in [0.15, 0.2) is 77.8 Å². The Morgan fingerprint density at radius 1 is 0.943 bits per heavy atom. The average Bonchev–Trinajstić information content (AvgIpc) is 3.29. The number of nitrogens with zero attached hydrogens (tertiary/aromatic N) is 1. The van der Waals surface area contributed by atoms with Gasteiger partial charge in [-0.3, -0.25) is 5.10 Å². The predicted octanol–water partition coefficient (Wildman–Crippen LogP) is 5.20. The molecule has 4 rings (SSSR count). The molecule has 11 heteroatoms. The fourth-order valence-corrected chi connectivity index (χ4v) is 4.14. The summed E-state index contributed by atoms with van der Waals surface area (Å²) in [6.07, 6.45) is -2.83. The zero-order valence-electron chi connectivity index (χ0n) is 18.1. The Hall–Kier alpha value is -3.70. The summed E-state index contributed by atoms with van der Waals surface area (Å²) < 4.78 is 77.6. The molecule has 0 saturated carbocycles. The largest absolute Gasteiger partial charge is 0.418 e. The van der Waals surface area contributed by atoms with Gasteiger partial charge < -0.3 is 5.32 Å². The quantitative estimate of drug-likeness (QED) is 0.301. The second-order valence-corrected chi connectivity index (χ2v) is 9.35. The van der Waals surface area contributed by atoms with Crippen molar-refractivity contribution in [3.05, 3.63) is 89.9 Å². The lowest BCUT2D eigenvalue weighted by atomic mass is 9.99. The number of aromatic amines is 1. The van der Waals surface area contributed by atoms with E-state index < -0.39 is 27.6 Å². The number of halogens is 4. The van der Waals surface area contributed by atoms with E-state index in [0.717, 1.165) is 11.6 Å². The molecule has 0 unspecified atom stereocenters. The molecule has 3 aromatic carbocycles. The van der Waals surface area contributed by atoms with Crippen molar-refractivity contribution in [2.24, 2.45) is 5.14 Å². The number of H-pyrrole nitrogens is 1. The molecule has 4 aromatic rings. The van der Waals surface area contributed by atoms with Crippen molar-refractivity contribution in [2.45, 2.75) is 17.5 Å². The summed E-state index contributed by atoms with van der Waals surface area (Å²) in [5.41, 5.74) is 1.61. The second-order valence-electron chi connectivity index (χ2n) is 7.79. The Morgan fingerprint density at radius 3 is 2.23 bits per heavy atom. The maximum atomic E-state index is 13.9. The molecule has 0 aliphatic rings. The molecular weight excluding hydrogens is 484 g/mol. The van der Waals surface area contributed by atoms with E-state index in [1.165, 1.54) is 48.7 Å². The van der Waals surface area contributed by atoms with Crippen LogP contribution in [0.2, 0.25) is 0 Å². The van der Waals surface area contributed by atoms with Gasteiger partial charge in [-0.1, -0.05) is 18.2 Å². The number of nitrogens with one attached hydrogen (secondary N) is 2. The van der Waals surface area contributed by atoms with Gasteiger partial charge in [0.1, 0.15) is 5.82 Å². The SMILES string of the molecule is NS(=O)(=O)c1ccc(CCNc2ccc(-c3cn[nH]c3-c3ccc(F)cc3)cc2C(F)(F)F)cc1. The molecule has 1 aromatic heterocycles. The lowest BCUT2D eigenvalue weighted by Crippen LogP contribution is -2.13. The van der Waals surface area contributed by atoms with E-state index in [0.29, 0.717) is 28.8 Å². The lowest BCUT2D eigenvalue weighted by Gasteiger charge is -2.16. The van der Waals surface area contributed by atoms with Crippen LogP contribution in [0.25, 0.3) is 22.4 Å². The van der Waals surface area contributed by atoms with Gasteiger partial charge in [-0.2, -0.15) is 18.3 Å². The normalized spacial score (nSPS) is 12.0. The van der Waals surface area contributed by atoms with Gasteiger partial charge in [-0.15, -0.1) is 0 Å². The van der Waals surface area contributed by atoms with Crippen molar-refractivity contribution in [1.29, 1.82) is 0 Å². The molecule has 35 heavy (non-hydrogen) atoms. The van der Waals surface area contributed by atoms with Gasteiger partial charge in [0.25, 0.3) is 0 Å². The van der Waals surface area contributed by atoms with E-state index in [1.807, 2.05) is 0 Å². The van der Waals surface area contributed by atoms with Crippen LogP contribution in [-0.2, 0) is 22.6 Å². The van der Waals surface area contributed by atoms with E-state index >= 15 is 0 Å². The van der Waals surface area contributed by atoms with Crippen LogP contribution >= 0.6 is 0 Å². The van der Waals surface area contributed by atoms with E-state index in [4.69, 9.17) is 5.14 Å². The Bertz CT molecular complexity index is 1430. The Kier molecular flexibility index (Phi) is 6.64. The Balaban J connectivity index is 1.56. The number of anilines is 1. The molecule has 0 aliphatic heterocycles. The molecule has 0 radical (unpaired) electrons. The minimum Gasteiger partial charge on any atom is -0.384 e. The minimum atomic E-state index is -4.62. The molecule has 4 N–H and O–H groups in total. The zero-order chi connectivity index (χ0) is 25.2. The standard InChI is InChI=1S/C24H20F4N4O2S/c25-18-6-3-16(4-7-18)23-20(14-31-32-23)17-5-10-22(21(13-17)24(26,27)28)30-12-11-15-1-8-19(9-2-15)35(29,33)34/h1-10,13-14,30H,11-12H2,(H,31,32)(H2,29,33,34). The first kappa shape index (κ1) is 24.4. The summed E-state index contributed by atoms with van der Waals surface area (Å²) >= 11 is 0. The second kappa shape index (κ2) is 9.51. The van der Waals surface area contributed by atoms with Crippen LogP contribution < -0.4 is 10.5 Å². The van der Waals surface area contributed by atoms with Gasteiger partial charge in [0.15, 0.2) is 0 Å². The molecule has 0 spiro atoms. The number of alkyl halides is 3. The van der Waals surface area contributed by atoms with Crippen molar-refractivity contribution >= 4 is 15.7 Å². The van der Waals surface area contributed by atoms with Gasteiger partial charge >= 0.3 is 6.18 Å². The maximum absolute atomic E-state index is 13.9. The van der Waals surface area contributed by atoms with Crippen LogP contribution in [-0.4, -0.2) is 25.2 Å². The number of sulfonamides is 1. The van der Waals surface area contributed by atoms with Gasteiger partial charge in [-0.05, 0) is 66.1 Å². The van der Waals surface area contributed by atoms with Gasteiger partial charge in [-0.25, -0.2) is 17.9 Å². The van der Waals surface area contributed by atoms with Crippen molar-refractivity contribution in [3.8, 4) is 22.4 Å². The molecule has 0 fully saturated rings. The van der Waals surface area contributed by atoms with Gasteiger partial charge in [0.05, 0.1) is 22.3 Å². The third kappa shape index (κ3) is 5.69. The molecule has 0 bridgehead atoms. The molecular formula is C24H20F4N4O2S. The summed E-state index contributed by atoms with van der Waals surface area (Å²) in [7, 11) is -3.81. The van der Waals surface area contributed by atoms with Crippen LogP contribution in [0.3, 0.4) is 0 Å². The van der Waals surface area contributed by atoms with Crippen LogP contribution in [0, 0.1) is 5.82 Å². The third-order valence-corrected chi connectivity index (χ3v) is 6.32. The first-order valence-corrected chi connectivity index (χ1v) is 11.9. The first-order chi connectivity index (χ1) is 16.5. The molecule has 1 heterocycles. The summed E-state index contributed by atoms with van der Waals surface area (Å²) in [6.45, 7) is 0.184. The van der Waals surface area contributed by atoms with Gasteiger partial charge in [0.2, 0.25) is 10.0 Å². The molecule has 0 saturated heterocycles. The van der Waals surface area contributed by atoms with Gasteiger partial charge in [0, 0.05) is 23.4 Å². The van der Waals surface area contributed by atoms with Crippen molar-refractivity contribution in [1.82, 2.24) is 10.2 Å². The van der Waals surface area contributed by atoms with E-state index in [2.05, 4.69) is 15.5 Å². The minimum absolute atomic E-state index is 0.0385. The number of primary sulfonamides is 1. The highest BCUT2D eigenvalue weighted by molar-refractivity contribution is 7.89. The van der Waals surface area contributed by atoms with Crippen molar-refractivity contribution in [2.75, 3.05) is 11.9 Å². The highest BCUT2D eigenvalue weighted by Gasteiger charge is 2.34. The highest BCUT2D eigenvalue weighted by atomic mass is 32.2. The van der Waals surface area contributed by atoms with Crippen LogP contribution in [0.4, 0.5) is 23.2 Å². The molecule has 0 atom stereocenters. The van der Waals surface area contributed by atoms with Crippen LogP contribution in [0.1, 0.15) is 11.1 Å². The Morgan fingerprint density at radius 2 is 1.60 bits per heavy atom. The number of aromatic nitrogens is 2. The average molecular weight is 505 g/mol. The molecule has 0 aliphatic carbocycles. The summed E-state index contributed by atoms with van der Waals surface area (Å²) in [6, 6.07) is 15.3. The lowest BCUT2D eigenvalue weighted by molar-refractivity contribution is -0.136. The smallest absolute Gasteiger partial charge is 0.384 e.